The summed E-state index contributed by atoms with van der Waals surface area (Å²) >= 11 is 24.6. The molecule has 0 aliphatic carbocycles. The van der Waals surface area contributed by atoms with Crippen molar-refractivity contribution in [2.45, 2.75) is 0 Å². The molecule has 1 fully saturated rings. The summed E-state index contributed by atoms with van der Waals surface area (Å²) in [6.07, 6.45) is 1.68. The highest BCUT2D eigenvalue weighted by Gasteiger charge is 2.29. The van der Waals surface area contributed by atoms with Gasteiger partial charge in [-0.2, -0.15) is 0 Å². The molecule has 0 N–H and O–H groups in total. The van der Waals surface area contributed by atoms with E-state index in [2.05, 4.69) is 0 Å². The number of amides is 1. The van der Waals surface area contributed by atoms with Crippen LogP contribution >= 0.6 is 58.8 Å². The van der Waals surface area contributed by atoms with Gasteiger partial charge in [0.1, 0.15) is 29.0 Å². The Morgan fingerprint density at radius 1 is 1.07 bits per heavy atom. The number of benzene rings is 2. The van der Waals surface area contributed by atoms with E-state index in [4.69, 9.17) is 56.5 Å². The molecule has 146 valence electrons. The fourth-order valence-corrected chi connectivity index (χ4v) is 4.22. The quantitative estimate of drug-likeness (QED) is 0.294. The average Bonchev–Trinajstić information content (AvgIpc) is 2.88. The number of carbonyl (C=O) groups is 1. The Bertz CT molecular complexity index is 948. The molecule has 28 heavy (non-hydrogen) atoms. The molecule has 1 amide bonds. The molecule has 0 aromatic heterocycles. The van der Waals surface area contributed by atoms with Crippen molar-refractivity contribution in [3.05, 3.63) is 61.9 Å². The lowest BCUT2D eigenvalue weighted by Gasteiger charge is -2.13. The van der Waals surface area contributed by atoms with Gasteiger partial charge in [-0.15, -0.1) is 0 Å². The summed E-state index contributed by atoms with van der Waals surface area (Å²) in [4.78, 5) is 14.2. The topological polar surface area (TPSA) is 38.8 Å². The van der Waals surface area contributed by atoms with Crippen LogP contribution in [0.1, 0.15) is 5.56 Å². The van der Waals surface area contributed by atoms with Crippen molar-refractivity contribution in [1.82, 2.24) is 4.90 Å². The second-order valence-corrected chi connectivity index (χ2v) is 8.65. The van der Waals surface area contributed by atoms with Gasteiger partial charge < -0.3 is 9.47 Å². The number of thioether (sulfide) groups is 1. The number of nitrogens with zero attached hydrogens (tertiary/aromatic N) is 1. The number of hydrogen-bond acceptors (Lipinski definition) is 5. The van der Waals surface area contributed by atoms with Gasteiger partial charge in [0.25, 0.3) is 5.91 Å². The predicted molar refractivity (Wildman–Crippen MR) is 120 cm³/mol. The molecule has 0 radical (unpaired) electrons. The third kappa shape index (κ3) is 5.13. The number of likely N-dealkylation sites (N-methyl/N-ethyl adjacent to an activating group) is 1. The zero-order valence-electron chi connectivity index (χ0n) is 14.6. The van der Waals surface area contributed by atoms with Crippen LogP contribution in [0, 0.1) is 0 Å². The Morgan fingerprint density at radius 3 is 2.39 bits per heavy atom. The van der Waals surface area contributed by atoms with Crippen LogP contribution < -0.4 is 9.47 Å². The van der Waals surface area contributed by atoms with E-state index in [0.717, 1.165) is 0 Å². The Labute approximate surface area is 187 Å². The van der Waals surface area contributed by atoms with Gasteiger partial charge in [-0.25, -0.2) is 0 Å². The molecular formula is C19H14Cl3NO3S2. The lowest BCUT2D eigenvalue weighted by atomic mass is 10.2. The average molecular weight is 475 g/mol. The molecule has 9 heteroatoms. The van der Waals surface area contributed by atoms with Crippen LogP contribution in [0.25, 0.3) is 6.08 Å². The molecule has 1 saturated heterocycles. The molecule has 0 saturated carbocycles. The second kappa shape index (κ2) is 9.37. The number of hydrogen-bond donors (Lipinski definition) is 0. The monoisotopic (exact) mass is 473 g/mol. The minimum atomic E-state index is -0.178. The Balaban J connectivity index is 1.73. The molecular weight excluding hydrogens is 461 g/mol. The highest BCUT2D eigenvalue weighted by Crippen LogP contribution is 2.37. The van der Waals surface area contributed by atoms with Gasteiger partial charge in [-0.1, -0.05) is 58.8 Å². The Hall–Kier alpha value is -1.44. The lowest BCUT2D eigenvalue weighted by molar-refractivity contribution is -0.121. The molecule has 1 heterocycles. The first-order chi connectivity index (χ1) is 13.3. The third-order valence-electron chi connectivity index (χ3n) is 3.72. The van der Waals surface area contributed by atoms with Gasteiger partial charge in [0, 0.05) is 22.7 Å². The standard InChI is InChI=1S/C19H14Cl3NO3S2/c1-23-18(24)16(28-19(23)27)9-11-8-13(21)10-15(22)17(11)26-7-6-25-14-4-2-12(20)3-5-14/h2-5,8-10H,6-7H2,1H3. The van der Waals surface area contributed by atoms with Gasteiger partial charge in [0.2, 0.25) is 0 Å². The van der Waals surface area contributed by atoms with E-state index in [0.29, 0.717) is 48.0 Å². The van der Waals surface area contributed by atoms with E-state index in [1.807, 2.05) is 0 Å². The van der Waals surface area contributed by atoms with Crippen LogP contribution in [-0.2, 0) is 4.79 Å². The molecule has 0 unspecified atom stereocenters. The van der Waals surface area contributed by atoms with E-state index in [-0.39, 0.29) is 12.5 Å². The lowest BCUT2D eigenvalue weighted by Crippen LogP contribution is -2.22. The van der Waals surface area contributed by atoms with Gasteiger partial charge in [-0.05, 0) is 42.5 Å². The second-order valence-electron chi connectivity index (χ2n) is 5.70. The van der Waals surface area contributed by atoms with Crippen molar-refractivity contribution in [2.75, 3.05) is 20.3 Å². The molecule has 4 nitrogen and oxygen atoms in total. The molecule has 1 aliphatic rings. The zero-order chi connectivity index (χ0) is 20.3. The fraction of sp³-hybridized carbons (Fsp3) is 0.158. The summed E-state index contributed by atoms with van der Waals surface area (Å²) in [6.45, 7) is 0.552. The molecule has 0 spiro atoms. The Morgan fingerprint density at radius 2 is 1.75 bits per heavy atom. The number of thiocarbonyl (C=S) groups is 1. The SMILES string of the molecule is CN1C(=O)C(=Cc2cc(Cl)cc(Cl)c2OCCOc2ccc(Cl)cc2)SC1=S. The highest BCUT2D eigenvalue weighted by atomic mass is 35.5. The first-order valence-electron chi connectivity index (χ1n) is 8.07. The van der Waals surface area contributed by atoms with Crippen molar-refractivity contribution in [2.24, 2.45) is 0 Å². The van der Waals surface area contributed by atoms with Crippen molar-refractivity contribution >= 4 is 75.1 Å². The third-order valence-corrected chi connectivity index (χ3v) is 5.96. The molecule has 0 atom stereocenters. The molecule has 0 bridgehead atoms. The molecule has 2 aromatic carbocycles. The molecule has 1 aliphatic heterocycles. The van der Waals surface area contributed by atoms with Crippen LogP contribution in [0.4, 0.5) is 0 Å². The van der Waals surface area contributed by atoms with E-state index >= 15 is 0 Å². The summed E-state index contributed by atoms with van der Waals surface area (Å²) in [5, 5.41) is 1.42. The minimum Gasteiger partial charge on any atom is -0.490 e. The first-order valence-corrected chi connectivity index (χ1v) is 10.4. The van der Waals surface area contributed by atoms with Crippen molar-refractivity contribution in [3.63, 3.8) is 0 Å². The van der Waals surface area contributed by atoms with Crippen LogP contribution in [0.5, 0.6) is 11.5 Å². The van der Waals surface area contributed by atoms with E-state index in [1.165, 1.54) is 16.7 Å². The van der Waals surface area contributed by atoms with E-state index < -0.39 is 0 Å². The summed E-state index contributed by atoms with van der Waals surface area (Å²) < 4.78 is 11.9. The van der Waals surface area contributed by atoms with E-state index in [1.54, 1.807) is 49.5 Å². The largest absolute Gasteiger partial charge is 0.490 e. The van der Waals surface area contributed by atoms with Crippen LogP contribution in [0.2, 0.25) is 15.1 Å². The normalized spacial score (nSPS) is 15.4. The van der Waals surface area contributed by atoms with E-state index in [9.17, 15) is 4.79 Å². The molecule has 3 rings (SSSR count). The van der Waals surface area contributed by atoms with Crippen molar-refractivity contribution in [1.29, 1.82) is 0 Å². The Kier molecular flexibility index (Phi) is 7.12. The number of carbonyl (C=O) groups excluding carboxylic acids is 1. The van der Waals surface area contributed by atoms with Gasteiger partial charge in [0.15, 0.2) is 0 Å². The summed E-state index contributed by atoms with van der Waals surface area (Å²) in [5.41, 5.74) is 0.595. The maximum Gasteiger partial charge on any atom is 0.265 e. The minimum absolute atomic E-state index is 0.178. The van der Waals surface area contributed by atoms with Crippen LogP contribution in [0.3, 0.4) is 0 Å². The molecule has 2 aromatic rings. The number of ether oxygens (including phenoxy) is 2. The summed E-state index contributed by atoms with van der Waals surface area (Å²) in [7, 11) is 1.63. The predicted octanol–water partition coefficient (Wildman–Crippen LogP) is 5.94. The summed E-state index contributed by atoms with van der Waals surface area (Å²) in [5.74, 6) is 0.928. The van der Waals surface area contributed by atoms with Crippen LogP contribution in [-0.4, -0.2) is 35.4 Å². The van der Waals surface area contributed by atoms with Crippen LogP contribution in [0.15, 0.2) is 41.3 Å². The van der Waals surface area contributed by atoms with Gasteiger partial charge in [-0.3, -0.25) is 9.69 Å². The fourth-order valence-electron chi connectivity index (χ4n) is 2.36. The van der Waals surface area contributed by atoms with Gasteiger partial charge in [0.05, 0.1) is 9.93 Å². The maximum absolute atomic E-state index is 12.3. The zero-order valence-corrected chi connectivity index (χ0v) is 18.5. The smallest absolute Gasteiger partial charge is 0.265 e. The maximum atomic E-state index is 12.3. The first kappa shape index (κ1) is 21.3. The highest BCUT2D eigenvalue weighted by molar-refractivity contribution is 8.26. The summed E-state index contributed by atoms with van der Waals surface area (Å²) in [6, 6.07) is 10.3. The number of halogens is 3. The van der Waals surface area contributed by atoms with Gasteiger partial charge >= 0.3 is 0 Å². The van der Waals surface area contributed by atoms with Crippen molar-refractivity contribution in [3.8, 4) is 11.5 Å². The number of rotatable bonds is 6. The van der Waals surface area contributed by atoms with Crippen molar-refractivity contribution < 1.29 is 14.3 Å².